The Bertz CT molecular complexity index is 434. The van der Waals surface area contributed by atoms with Gasteiger partial charge in [0.15, 0.2) is 5.96 Å². The second-order valence-electron chi connectivity index (χ2n) is 3.78. The molecule has 1 rings (SSSR count). The normalized spacial score (nSPS) is 10.2. The van der Waals surface area contributed by atoms with E-state index in [0.717, 1.165) is 12.2 Å². The number of anilines is 1. The SMILES string of the molecule is C=CCNC(=NCC(=O)Nc1ccccc1)NCC.I. The van der Waals surface area contributed by atoms with E-state index in [2.05, 4.69) is 27.5 Å². The Kier molecular flexibility index (Phi) is 10.4. The first-order valence-electron chi connectivity index (χ1n) is 6.24. The van der Waals surface area contributed by atoms with Crippen LogP contribution in [0.1, 0.15) is 6.92 Å². The summed E-state index contributed by atoms with van der Waals surface area (Å²) in [6, 6.07) is 9.31. The van der Waals surface area contributed by atoms with Gasteiger partial charge in [0.1, 0.15) is 6.54 Å². The molecular formula is C14H21IN4O. The molecule has 0 aliphatic carbocycles. The summed E-state index contributed by atoms with van der Waals surface area (Å²) in [5.74, 6) is 0.451. The number of hydrogen-bond donors (Lipinski definition) is 3. The maximum atomic E-state index is 11.7. The van der Waals surface area contributed by atoms with E-state index < -0.39 is 0 Å². The van der Waals surface area contributed by atoms with Crippen molar-refractivity contribution in [2.45, 2.75) is 6.92 Å². The molecule has 0 saturated heterocycles. The van der Waals surface area contributed by atoms with Gasteiger partial charge in [-0.05, 0) is 19.1 Å². The minimum absolute atomic E-state index is 0. The quantitative estimate of drug-likeness (QED) is 0.302. The molecule has 5 nitrogen and oxygen atoms in total. The van der Waals surface area contributed by atoms with E-state index in [-0.39, 0.29) is 36.4 Å². The average molecular weight is 388 g/mol. The molecule has 0 bridgehead atoms. The summed E-state index contributed by atoms with van der Waals surface area (Å²) in [6.07, 6.45) is 1.73. The van der Waals surface area contributed by atoms with Crippen LogP contribution in [0.2, 0.25) is 0 Å². The fraction of sp³-hybridized carbons (Fsp3) is 0.286. The van der Waals surface area contributed by atoms with Crippen molar-refractivity contribution in [1.29, 1.82) is 0 Å². The van der Waals surface area contributed by atoms with Crippen molar-refractivity contribution in [3.63, 3.8) is 0 Å². The number of benzene rings is 1. The van der Waals surface area contributed by atoms with Crippen LogP contribution >= 0.6 is 24.0 Å². The number of halogens is 1. The molecule has 0 aromatic heterocycles. The first-order chi connectivity index (χ1) is 9.26. The number of rotatable bonds is 6. The molecule has 0 heterocycles. The predicted octanol–water partition coefficient (Wildman–Crippen LogP) is 1.98. The largest absolute Gasteiger partial charge is 0.357 e. The zero-order valence-corrected chi connectivity index (χ0v) is 13.9. The summed E-state index contributed by atoms with van der Waals surface area (Å²) < 4.78 is 0. The lowest BCUT2D eigenvalue weighted by Crippen LogP contribution is -2.38. The molecule has 1 amide bonds. The van der Waals surface area contributed by atoms with Crippen molar-refractivity contribution in [3.05, 3.63) is 43.0 Å². The Morgan fingerprint density at radius 2 is 2.00 bits per heavy atom. The van der Waals surface area contributed by atoms with Crippen LogP contribution in [-0.4, -0.2) is 31.5 Å². The number of nitrogens with one attached hydrogen (secondary N) is 3. The smallest absolute Gasteiger partial charge is 0.246 e. The first-order valence-corrected chi connectivity index (χ1v) is 6.24. The predicted molar refractivity (Wildman–Crippen MR) is 94.7 cm³/mol. The van der Waals surface area contributed by atoms with E-state index >= 15 is 0 Å². The van der Waals surface area contributed by atoms with Crippen molar-refractivity contribution in [2.75, 3.05) is 25.0 Å². The number of carbonyl (C=O) groups excluding carboxylic acids is 1. The molecule has 110 valence electrons. The lowest BCUT2D eigenvalue weighted by molar-refractivity contribution is -0.114. The lowest BCUT2D eigenvalue weighted by atomic mass is 10.3. The molecule has 20 heavy (non-hydrogen) atoms. The van der Waals surface area contributed by atoms with Crippen LogP contribution in [0.4, 0.5) is 5.69 Å². The Morgan fingerprint density at radius 1 is 1.30 bits per heavy atom. The molecule has 0 spiro atoms. The minimum Gasteiger partial charge on any atom is -0.357 e. The van der Waals surface area contributed by atoms with Gasteiger partial charge in [-0.15, -0.1) is 30.6 Å². The van der Waals surface area contributed by atoms with E-state index in [4.69, 9.17) is 0 Å². The van der Waals surface area contributed by atoms with Gasteiger partial charge in [-0.2, -0.15) is 0 Å². The van der Waals surface area contributed by atoms with Crippen molar-refractivity contribution < 1.29 is 4.79 Å². The molecule has 6 heteroatoms. The summed E-state index contributed by atoms with van der Waals surface area (Å²) in [6.45, 7) is 7.00. The van der Waals surface area contributed by atoms with E-state index in [9.17, 15) is 4.79 Å². The molecular weight excluding hydrogens is 367 g/mol. The molecule has 3 N–H and O–H groups in total. The van der Waals surface area contributed by atoms with Crippen molar-refractivity contribution in [2.24, 2.45) is 4.99 Å². The van der Waals surface area contributed by atoms with Gasteiger partial charge in [0.05, 0.1) is 0 Å². The van der Waals surface area contributed by atoms with Crippen LogP contribution in [-0.2, 0) is 4.79 Å². The third-order valence-electron chi connectivity index (χ3n) is 2.20. The molecule has 0 atom stereocenters. The highest BCUT2D eigenvalue weighted by atomic mass is 127. The van der Waals surface area contributed by atoms with Gasteiger partial charge in [0.25, 0.3) is 0 Å². The number of aliphatic imine (C=N–C) groups is 1. The van der Waals surface area contributed by atoms with Crippen LogP contribution in [0.5, 0.6) is 0 Å². The molecule has 1 aromatic rings. The van der Waals surface area contributed by atoms with E-state index in [0.29, 0.717) is 12.5 Å². The Labute approximate surface area is 137 Å². The van der Waals surface area contributed by atoms with Crippen LogP contribution in [0, 0.1) is 0 Å². The van der Waals surface area contributed by atoms with Crippen molar-refractivity contribution >= 4 is 41.5 Å². The van der Waals surface area contributed by atoms with Crippen LogP contribution < -0.4 is 16.0 Å². The molecule has 0 saturated carbocycles. The van der Waals surface area contributed by atoms with E-state index in [1.54, 1.807) is 6.08 Å². The monoisotopic (exact) mass is 388 g/mol. The highest BCUT2D eigenvalue weighted by molar-refractivity contribution is 14.0. The van der Waals surface area contributed by atoms with Gasteiger partial charge < -0.3 is 16.0 Å². The topological polar surface area (TPSA) is 65.5 Å². The van der Waals surface area contributed by atoms with Gasteiger partial charge in [-0.25, -0.2) is 4.99 Å². The Morgan fingerprint density at radius 3 is 2.60 bits per heavy atom. The van der Waals surface area contributed by atoms with Crippen LogP contribution in [0.3, 0.4) is 0 Å². The second-order valence-corrected chi connectivity index (χ2v) is 3.78. The minimum atomic E-state index is -0.151. The fourth-order valence-electron chi connectivity index (χ4n) is 1.38. The summed E-state index contributed by atoms with van der Waals surface area (Å²) in [5.41, 5.74) is 0.770. The summed E-state index contributed by atoms with van der Waals surface area (Å²) in [7, 11) is 0. The van der Waals surface area contributed by atoms with Gasteiger partial charge in [0, 0.05) is 18.8 Å². The zero-order chi connectivity index (χ0) is 13.9. The number of hydrogen-bond acceptors (Lipinski definition) is 2. The first kappa shape index (κ1) is 18.4. The third-order valence-corrected chi connectivity index (χ3v) is 2.20. The van der Waals surface area contributed by atoms with Gasteiger partial charge in [0.2, 0.25) is 5.91 Å². The number of nitrogens with zero attached hydrogens (tertiary/aromatic N) is 1. The standard InChI is InChI=1S/C14H20N4O.HI/c1-3-10-16-14(15-4-2)17-11-13(19)18-12-8-6-5-7-9-12;/h3,5-9H,1,4,10-11H2,2H3,(H,18,19)(H2,15,16,17);1H. The third kappa shape index (κ3) is 7.78. The molecule has 1 aromatic carbocycles. The number of guanidine groups is 1. The summed E-state index contributed by atoms with van der Waals surface area (Å²) in [4.78, 5) is 15.9. The Hall–Kier alpha value is -1.57. The molecule has 0 aliphatic heterocycles. The maximum Gasteiger partial charge on any atom is 0.246 e. The molecule has 0 unspecified atom stereocenters. The Balaban J connectivity index is 0.00000361. The van der Waals surface area contributed by atoms with Crippen LogP contribution in [0.15, 0.2) is 48.0 Å². The lowest BCUT2D eigenvalue weighted by Gasteiger charge is -2.09. The highest BCUT2D eigenvalue weighted by Gasteiger charge is 2.01. The maximum absolute atomic E-state index is 11.7. The zero-order valence-electron chi connectivity index (χ0n) is 11.6. The molecule has 0 aliphatic rings. The summed E-state index contributed by atoms with van der Waals surface area (Å²) >= 11 is 0. The van der Waals surface area contributed by atoms with Crippen molar-refractivity contribution in [1.82, 2.24) is 10.6 Å². The second kappa shape index (κ2) is 11.3. The number of para-hydroxylation sites is 1. The van der Waals surface area contributed by atoms with E-state index in [1.165, 1.54) is 0 Å². The fourth-order valence-corrected chi connectivity index (χ4v) is 1.38. The van der Waals surface area contributed by atoms with Gasteiger partial charge in [-0.1, -0.05) is 24.3 Å². The number of amides is 1. The molecule has 0 radical (unpaired) electrons. The summed E-state index contributed by atoms with van der Waals surface area (Å²) in [5, 5.41) is 8.85. The van der Waals surface area contributed by atoms with Gasteiger partial charge >= 0.3 is 0 Å². The van der Waals surface area contributed by atoms with Crippen molar-refractivity contribution in [3.8, 4) is 0 Å². The number of carbonyl (C=O) groups is 1. The van der Waals surface area contributed by atoms with Gasteiger partial charge in [-0.3, -0.25) is 4.79 Å². The molecule has 0 fully saturated rings. The van der Waals surface area contributed by atoms with Crippen LogP contribution in [0.25, 0.3) is 0 Å². The average Bonchev–Trinajstić information content (AvgIpc) is 2.43. The highest BCUT2D eigenvalue weighted by Crippen LogP contribution is 2.04. The van der Waals surface area contributed by atoms with E-state index in [1.807, 2.05) is 37.3 Å².